The van der Waals surface area contributed by atoms with Crippen LogP contribution in [0, 0.1) is 0 Å². The average Bonchev–Trinajstić information content (AvgIpc) is 3.21. The highest BCUT2D eigenvalue weighted by Gasteiger charge is 2.15. The Hall–Kier alpha value is -3.39. The maximum absolute atomic E-state index is 12.0. The molecular formula is C19H17ClN4O4. The second-order valence-electron chi connectivity index (χ2n) is 5.64. The van der Waals surface area contributed by atoms with E-state index in [0.29, 0.717) is 16.3 Å². The molecule has 0 saturated heterocycles. The van der Waals surface area contributed by atoms with Gasteiger partial charge in [-0.15, -0.1) is 0 Å². The minimum Gasteiger partial charge on any atom is -0.484 e. The summed E-state index contributed by atoms with van der Waals surface area (Å²) in [7, 11) is 0. The van der Waals surface area contributed by atoms with Gasteiger partial charge in [-0.3, -0.25) is 9.59 Å². The van der Waals surface area contributed by atoms with Crippen LogP contribution in [0.5, 0.6) is 5.75 Å². The summed E-state index contributed by atoms with van der Waals surface area (Å²) in [6.07, 6.45) is 0. The zero-order valence-electron chi connectivity index (χ0n) is 14.7. The molecule has 3 rings (SSSR count). The molecule has 144 valence electrons. The SMILES string of the molecule is O=C(COc1ccccc1)NCCNC(=O)c1nc(-c2ccc(Cl)cc2)no1. The van der Waals surface area contributed by atoms with Gasteiger partial charge < -0.3 is 19.9 Å². The fourth-order valence-electron chi connectivity index (χ4n) is 2.20. The summed E-state index contributed by atoms with van der Waals surface area (Å²) >= 11 is 5.83. The van der Waals surface area contributed by atoms with Gasteiger partial charge in [-0.05, 0) is 36.4 Å². The third-order valence-corrected chi connectivity index (χ3v) is 3.82. The number of nitrogens with zero attached hydrogens (tertiary/aromatic N) is 2. The van der Waals surface area contributed by atoms with Gasteiger partial charge in [0, 0.05) is 23.7 Å². The monoisotopic (exact) mass is 400 g/mol. The van der Waals surface area contributed by atoms with E-state index in [1.54, 1.807) is 36.4 Å². The smallest absolute Gasteiger partial charge is 0.316 e. The Morgan fingerprint density at radius 3 is 2.46 bits per heavy atom. The first-order valence-electron chi connectivity index (χ1n) is 8.44. The molecule has 0 unspecified atom stereocenters. The first kappa shape index (κ1) is 19.4. The Bertz CT molecular complexity index is 929. The van der Waals surface area contributed by atoms with Crippen LogP contribution in [-0.4, -0.2) is 41.7 Å². The van der Waals surface area contributed by atoms with Gasteiger partial charge >= 0.3 is 11.8 Å². The van der Waals surface area contributed by atoms with Gasteiger partial charge in [0.05, 0.1) is 0 Å². The molecule has 1 heterocycles. The lowest BCUT2D eigenvalue weighted by molar-refractivity contribution is -0.123. The fourth-order valence-corrected chi connectivity index (χ4v) is 2.33. The highest BCUT2D eigenvalue weighted by atomic mass is 35.5. The number of amides is 2. The number of hydrogen-bond acceptors (Lipinski definition) is 6. The predicted molar refractivity (Wildman–Crippen MR) is 102 cm³/mol. The van der Waals surface area contributed by atoms with Crippen LogP contribution in [0.2, 0.25) is 5.02 Å². The minimum absolute atomic E-state index is 0.105. The van der Waals surface area contributed by atoms with E-state index in [1.165, 1.54) is 0 Å². The van der Waals surface area contributed by atoms with Crippen LogP contribution < -0.4 is 15.4 Å². The Balaban J connectivity index is 1.38. The molecule has 2 aromatic carbocycles. The van der Waals surface area contributed by atoms with Crippen LogP contribution in [0.1, 0.15) is 10.7 Å². The molecule has 2 N–H and O–H groups in total. The van der Waals surface area contributed by atoms with Gasteiger partial charge in [0.15, 0.2) is 6.61 Å². The lowest BCUT2D eigenvalue weighted by Crippen LogP contribution is -2.36. The highest BCUT2D eigenvalue weighted by molar-refractivity contribution is 6.30. The minimum atomic E-state index is -0.525. The number of para-hydroxylation sites is 1. The van der Waals surface area contributed by atoms with Crippen LogP contribution in [0.25, 0.3) is 11.4 Å². The van der Waals surface area contributed by atoms with Gasteiger partial charge in [0.1, 0.15) is 5.75 Å². The van der Waals surface area contributed by atoms with Crippen LogP contribution in [0.15, 0.2) is 59.1 Å². The quantitative estimate of drug-likeness (QED) is 0.562. The van der Waals surface area contributed by atoms with Crippen molar-refractivity contribution < 1.29 is 18.8 Å². The summed E-state index contributed by atoms with van der Waals surface area (Å²) in [6.45, 7) is 0.335. The van der Waals surface area contributed by atoms with E-state index in [9.17, 15) is 9.59 Å². The average molecular weight is 401 g/mol. The van der Waals surface area contributed by atoms with Crippen molar-refractivity contribution >= 4 is 23.4 Å². The molecular weight excluding hydrogens is 384 g/mol. The number of halogens is 1. The van der Waals surface area contributed by atoms with E-state index in [0.717, 1.165) is 0 Å². The zero-order chi connectivity index (χ0) is 19.8. The van der Waals surface area contributed by atoms with Gasteiger partial charge in [-0.1, -0.05) is 35.0 Å². The molecule has 28 heavy (non-hydrogen) atoms. The number of carbonyl (C=O) groups is 2. The maximum atomic E-state index is 12.0. The zero-order valence-corrected chi connectivity index (χ0v) is 15.5. The van der Waals surface area contributed by atoms with E-state index in [-0.39, 0.29) is 37.3 Å². The number of benzene rings is 2. The van der Waals surface area contributed by atoms with Crippen molar-refractivity contribution in [1.29, 1.82) is 0 Å². The van der Waals surface area contributed by atoms with E-state index >= 15 is 0 Å². The fraction of sp³-hybridized carbons (Fsp3) is 0.158. The molecule has 2 amide bonds. The molecule has 0 spiro atoms. The molecule has 0 bridgehead atoms. The second kappa shape index (κ2) is 9.52. The third kappa shape index (κ3) is 5.55. The summed E-state index contributed by atoms with van der Waals surface area (Å²) in [5.74, 6) is -0.0841. The topological polar surface area (TPSA) is 106 Å². The van der Waals surface area contributed by atoms with Gasteiger partial charge in [-0.25, -0.2) is 0 Å². The second-order valence-corrected chi connectivity index (χ2v) is 6.07. The Morgan fingerprint density at radius 1 is 1.00 bits per heavy atom. The Kier molecular flexibility index (Phi) is 6.59. The summed E-state index contributed by atoms with van der Waals surface area (Å²) in [5, 5.41) is 9.58. The molecule has 0 radical (unpaired) electrons. The molecule has 3 aromatic rings. The molecule has 0 aliphatic heterocycles. The van der Waals surface area contributed by atoms with Crippen LogP contribution in [-0.2, 0) is 4.79 Å². The van der Waals surface area contributed by atoms with Gasteiger partial charge in [0.25, 0.3) is 5.91 Å². The number of rotatable bonds is 8. The van der Waals surface area contributed by atoms with Crippen LogP contribution in [0.4, 0.5) is 0 Å². The first-order chi connectivity index (χ1) is 13.6. The number of carbonyl (C=O) groups excluding carboxylic acids is 2. The molecule has 0 aliphatic carbocycles. The summed E-state index contributed by atoms with van der Waals surface area (Å²) < 4.78 is 10.3. The van der Waals surface area contributed by atoms with Crippen molar-refractivity contribution in [2.24, 2.45) is 0 Å². The lowest BCUT2D eigenvalue weighted by Gasteiger charge is -2.07. The lowest BCUT2D eigenvalue weighted by atomic mass is 10.2. The highest BCUT2D eigenvalue weighted by Crippen LogP contribution is 2.18. The van der Waals surface area contributed by atoms with Crippen molar-refractivity contribution in [3.63, 3.8) is 0 Å². The number of hydrogen-bond donors (Lipinski definition) is 2. The first-order valence-corrected chi connectivity index (χ1v) is 8.82. The van der Waals surface area contributed by atoms with Crippen LogP contribution >= 0.6 is 11.6 Å². The molecule has 9 heteroatoms. The molecule has 0 saturated carbocycles. The van der Waals surface area contributed by atoms with Crippen molar-refractivity contribution in [3.8, 4) is 17.1 Å². The van der Waals surface area contributed by atoms with Crippen molar-refractivity contribution in [1.82, 2.24) is 20.8 Å². The third-order valence-electron chi connectivity index (χ3n) is 3.57. The molecule has 1 aromatic heterocycles. The maximum Gasteiger partial charge on any atom is 0.316 e. The normalized spacial score (nSPS) is 10.3. The van der Waals surface area contributed by atoms with Crippen molar-refractivity contribution in [2.75, 3.05) is 19.7 Å². The van der Waals surface area contributed by atoms with Crippen LogP contribution in [0.3, 0.4) is 0 Å². The van der Waals surface area contributed by atoms with E-state index in [4.69, 9.17) is 20.9 Å². The van der Waals surface area contributed by atoms with Gasteiger partial charge in [0.2, 0.25) is 5.82 Å². The van der Waals surface area contributed by atoms with E-state index in [2.05, 4.69) is 20.8 Å². The molecule has 0 fully saturated rings. The van der Waals surface area contributed by atoms with Gasteiger partial charge in [-0.2, -0.15) is 4.98 Å². The standard InChI is InChI=1S/C19H17ClN4O4/c20-14-8-6-13(7-9-14)17-23-19(28-24-17)18(26)22-11-10-21-16(25)12-27-15-4-2-1-3-5-15/h1-9H,10-12H2,(H,21,25)(H,22,26). The summed E-state index contributed by atoms with van der Waals surface area (Å²) in [6, 6.07) is 15.8. The Morgan fingerprint density at radius 2 is 1.71 bits per heavy atom. The van der Waals surface area contributed by atoms with E-state index in [1.807, 2.05) is 18.2 Å². The number of ether oxygens (including phenoxy) is 1. The number of aromatic nitrogens is 2. The largest absolute Gasteiger partial charge is 0.484 e. The van der Waals surface area contributed by atoms with Crippen molar-refractivity contribution in [3.05, 3.63) is 65.5 Å². The molecule has 8 nitrogen and oxygen atoms in total. The summed E-state index contributed by atoms with van der Waals surface area (Å²) in [4.78, 5) is 27.8. The van der Waals surface area contributed by atoms with E-state index < -0.39 is 5.91 Å². The Labute approximate surface area is 165 Å². The summed E-state index contributed by atoms with van der Waals surface area (Å²) in [5.41, 5.74) is 0.679. The molecule has 0 atom stereocenters. The predicted octanol–water partition coefficient (Wildman–Crippen LogP) is 2.32. The molecule has 0 aliphatic rings. The number of nitrogens with one attached hydrogen (secondary N) is 2. The van der Waals surface area contributed by atoms with Crippen molar-refractivity contribution in [2.45, 2.75) is 0 Å².